The Morgan fingerprint density at radius 1 is 1.23 bits per heavy atom. The van der Waals surface area contributed by atoms with Gasteiger partial charge in [-0.25, -0.2) is 0 Å². The molecular formula is C18H26N2O2. The fourth-order valence-corrected chi connectivity index (χ4v) is 3.78. The molecule has 1 amide bonds. The number of nitrogens with zero attached hydrogens (tertiary/aromatic N) is 2. The number of benzene rings is 1. The van der Waals surface area contributed by atoms with Crippen LogP contribution < -0.4 is 4.74 Å². The number of rotatable bonds is 4. The van der Waals surface area contributed by atoms with Crippen molar-refractivity contribution in [1.29, 1.82) is 0 Å². The van der Waals surface area contributed by atoms with Gasteiger partial charge in [0.15, 0.2) is 0 Å². The Hall–Kier alpha value is -1.55. The number of carbonyl (C=O) groups excluding carboxylic acids is 1. The molecule has 2 heterocycles. The Labute approximate surface area is 133 Å². The third kappa shape index (κ3) is 3.61. The predicted octanol–water partition coefficient (Wildman–Crippen LogP) is 2.40. The number of likely N-dealkylation sites (tertiary alicyclic amines) is 2. The maximum atomic E-state index is 12.0. The summed E-state index contributed by atoms with van der Waals surface area (Å²) in [5.74, 6) is 1.90. The monoisotopic (exact) mass is 302 g/mol. The highest BCUT2D eigenvalue weighted by Gasteiger charge is 2.35. The molecule has 1 aromatic carbocycles. The first-order valence-electron chi connectivity index (χ1n) is 8.40. The Morgan fingerprint density at radius 3 is 2.86 bits per heavy atom. The molecule has 120 valence electrons. The van der Waals surface area contributed by atoms with Gasteiger partial charge in [-0.1, -0.05) is 18.2 Å². The van der Waals surface area contributed by atoms with Crippen molar-refractivity contribution in [1.82, 2.24) is 9.80 Å². The summed E-state index contributed by atoms with van der Waals surface area (Å²) >= 11 is 0. The summed E-state index contributed by atoms with van der Waals surface area (Å²) in [6.07, 6.45) is 4.04. The molecule has 1 aromatic rings. The van der Waals surface area contributed by atoms with Gasteiger partial charge in [-0.2, -0.15) is 0 Å². The van der Waals surface area contributed by atoms with Gasteiger partial charge in [-0.15, -0.1) is 0 Å². The van der Waals surface area contributed by atoms with E-state index in [4.69, 9.17) is 4.74 Å². The van der Waals surface area contributed by atoms with Crippen LogP contribution in [-0.4, -0.2) is 55.0 Å². The number of amides is 1. The molecule has 0 aromatic heterocycles. The smallest absolute Gasteiger partial charge is 0.222 e. The summed E-state index contributed by atoms with van der Waals surface area (Å²) in [4.78, 5) is 16.5. The molecule has 0 saturated carbocycles. The lowest BCUT2D eigenvalue weighted by molar-refractivity contribution is -0.132. The zero-order chi connectivity index (χ0) is 15.4. The van der Waals surface area contributed by atoms with Gasteiger partial charge in [-0.3, -0.25) is 9.69 Å². The SMILES string of the molecule is CN1C(=O)CCC[C@H]2CN(CCOc3ccccc3)CC[C@H]21. The molecule has 3 rings (SSSR count). The molecule has 2 atom stereocenters. The molecule has 0 radical (unpaired) electrons. The van der Waals surface area contributed by atoms with Gasteiger partial charge in [0, 0.05) is 39.1 Å². The average Bonchev–Trinajstić information content (AvgIpc) is 2.68. The maximum Gasteiger partial charge on any atom is 0.222 e. The van der Waals surface area contributed by atoms with Crippen molar-refractivity contribution in [3.8, 4) is 5.75 Å². The van der Waals surface area contributed by atoms with Crippen LogP contribution in [0.2, 0.25) is 0 Å². The van der Waals surface area contributed by atoms with Crippen LogP contribution >= 0.6 is 0 Å². The Kier molecular flexibility index (Phi) is 4.98. The molecule has 0 unspecified atom stereocenters. The van der Waals surface area contributed by atoms with Crippen molar-refractivity contribution in [2.45, 2.75) is 31.7 Å². The highest BCUT2D eigenvalue weighted by atomic mass is 16.5. The van der Waals surface area contributed by atoms with Crippen molar-refractivity contribution in [2.24, 2.45) is 5.92 Å². The average molecular weight is 302 g/mol. The van der Waals surface area contributed by atoms with Gasteiger partial charge >= 0.3 is 0 Å². The fourth-order valence-electron chi connectivity index (χ4n) is 3.78. The fraction of sp³-hybridized carbons (Fsp3) is 0.611. The number of ether oxygens (including phenoxy) is 1. The zero-order valence-corrected chi connectivity index (χ0v) is 13.4. The summed E-state index contributed by atoms with van der Waals surface area (Å²) in [7, 11) is 1.99. The summed E-state index contributed by atoms with van der Waals surface area (Å²) in [6, 6.07) is 10.4. The number of hydrogen-bond acceptors (Lipinski definition) is 3. The first-order valence-corrected chi connectivity index (χ1v) is 8.40. The van der Waals surface area contributed by atoms with Crippen LogP contribution in [0.4, 0.5) is 0 Å². The minimum atomic E-state index is 0.327. The molecular weight excluding hydrogens is 276 g/mol. The molecule has 0 N–H and O–H groups in total. The first-order chi connectivity index (χ1) is 10.7. The van der Waals surface area contributed by atoms with E-state index < -0.39 is 0 Å². The summed E-state index contributed by atoms with van der Waals surface area (Å²) in [5.41, 5.74) is 0. The van der Waals surface area contributed by atoms with Gasteiger partial charge in [0.2, 0.25) is 5.91 Å². The second kappa shape index (κ2) is 7.14. The van der Waals surface area contributed by atoms with E-state index in [0.29, 0.717) is 17.9 Å². The molecule has 0 bridgehead atoms. The lowest BCUT2D eigenvalue weighted by atomic mass is 9.88. The van der Waals surface area contributed by atoms with E-state index in [9.17, 15) is 4.79 Å². The number of hydrogen-bond donors (Lipinski definition) is 0. The highest BCUT2D eigenvalue weighted by Crippen LogP contribution is 2.29. The molecule has 22 heavy (non-hydrogen) atoms. The first kappa shape index (κ1) is 15.3. The van der Waals surface area contributed by atoms with Gasteiger partial charge < -0.3 is 9.64 Å². The maximum absolute atomic E-state index is 12.0. The van der Waals surface area contributed by atoms with Crippen molar-refractivity contribution >= 4 is 5.91 Å². The normalized spacial score (nSPS) is 26.4. The summed E-state index contributed by atoms with van der Waals surface area (Å²) < 4.78 is 5.80. The molecule has 2 fully saturated rings. The highest BCUT2D eigenvalue weighted by molar-refractivity contribution is 5.76. The van der Waals surface area contributed by atoms with E-state index in [2.05, 4.69) is 4.90 Å². The van der Waals surface area contributed by atoms with E-state index in [1.165, 1.54) is 6.42 Å². The van der Waals surface area contributed by atoms with Crippen LogP contribution in [0.15, 0.2) is 30.3 Å². The molecule has 2 saturated heterocycles. The van der Waals surface area contributed by atoms with Gasteiger partial charge in [-0.05, 0) is 37.3 Å². The van der Waals surface area contributed by atoms with Crippen LogP contribution in [0.1, 0.15) is 25.7 Å². The van der Waals surface area contributed by atoms with E-state index in [1.54, 1.807) is 0 Å². The van der Waals surface area contributed by atoms with Crippen molar-refractivity contribution < 1.29 is 9.53 Å². The van der Waals surface area contributed by atoms with Crippen LogP contribution in [0.3, 0.4) is 0 Å². The topological polar surface area (TPSA) is 32.8 Å². The Bertz CT molecular complexity index is 491. The number of para-hydroxylation sites is 1. The molecule has 4 heteroatoms. The summed E-state index contributed by atoms with van der Waals surface area (Å²) in [6.45, 7) is 3.86. The Morgan fingerprint density at radius 2 is 2.05 bits per heavy atom. The predicted molar refractivity (Wildman–Crippen MR) is 86.9 cm³/mol. The quantitative estimate of drug-likeness (QED) is 0.856. The van der Waals surface area contributed by atoms with Crippen molar-refractivity contribution in [3.63, 3.8) is 0 Å². The van der Waals surface area contributed by atoms with Crippen LogP contribution in [0, 0.1) is 5.92 Å². The second-order valence-electron chi connectivity index (χ2n) is 6.48. The van der Waals surface area contributed by atoms with Crippen LogP contribution in [-0.2, 0) is 4.79 Å². The van der Waals surface area contributed by atoms with E-state index in [-0.39, 0.29) is 0 Å². The van der Waals surface area contributed by atoms with Crippen molar-refractivity contribution in [2.75, 3.05) is 33.3 Å². The van der Waals surface area contributed by atoms with Crippen LogP contribution in [0.25, 0.3) is 0 Å². The van der Waals surface area contributed by atoms with Gasteiger partial charge in [0.1, 0.15) is 12.4 Å². The number of carbonyl (C=O) groups is 1. The van der Waals surface area contributed by atoms with Crippen molar-refractivity contribution in [3.05, 3.63) is 30.3 Å². The van der Waals surface area contributed by atoms with Crippen LogP contribution in [0.5, 0.6) is 5.75 Å². The molecule has 2 aliphatic heterocycles. The van der Waals surface area contributed by atoms with E-state index in [1.807, 2.05) is 42.3 Å². The lowest BCUT2D eigenvalue weighted by Gasteiger charge is -2.41. The second-order valence-corrected chi connectivity index (χ2v) is 6.48. The van der Waals surface area contributed by atoms with Gasteiger partial charge in [0.05, 0.1) is 0 Å². The van der Waals surface area contributed by atoms with E-state index in [0.717, 1.165) is 51.3 Å². The molecule has 0 aliphatic carbocycles. The number of fused-ring (bicyclic) bond motifs is 1. The minimum absolute atomic E-state index is 0.327. The molecule has 2 aliphatic rings. The Balaban J connectivity index is 1.48. The van der Waals surface area contributed by atoms with E-state index >= 15 is 0 Å². The standard InChI is InChI=1S/C18H26N2O2/c1-19-17-10-11-20(14-15(17)6-5-9-18(19)21)12-13-22-16-7-3-2-4-8-16/h2-4,7-8,15,17H,5-6,9-14H2,1H3/t15-,17+/m0/s1. The minimum Gasteiger partial charge on any atom is -0.492 e. The molecule has 0 spiro atoms. The zero-order valence-electron chi connectivity index (χ0n) is 13.4. The molecule has 4 nitrogen and oxygen atoms in total. The summed E-state index contributed by atoms with van der Waals surface area (Å²) in [5, 5.41) is 0. The third-order valence-corrected chi connectivity index (χ3v) is 5.05. The largest absolute Gasteiger partial charge is 0.492 e. The number of piperidine rings is 1. The van der Waals surface area contributed by atoms with Gasteiger partial charge in [0.25, 0.3) is 0 Å². The lowest BCUT2D eigenvalue weighted by Crippen LogP contribution is -2.50. The third-order valence-electron chi connectivity index (χ3n) is 5.05.